The minimum Gasteiger partial charge on any atom is -0.481 e. The first-order valence-corrected chi connectivity index (χ1v) is 9.75. The van der Waals surface area contributed by atoms with Gasteiger partial charge in [0.1, 0.15) is 0 Å². The minimum atomic E-state index is -0.992. The van der Waals surface area contributed by atoms with Gasteiger partial charge in [-0.05, 0) is 12.8 Å². The summed E-state index contributed by atoms with van der Waals surface area (Å²) in [5.41, 5.74) is 5.19. The van der Waals surface area contributed by atoms with Gasteiger partial charge in [0, 0.05) is 0 Å². The van der Waals surface area contributed by atoms with Crippen LogP contribution in [-0.4, -0.2) is 17.0 Å². The molecule has 0 heterocycles. The highest BCUT2D eigenvalue weighted by atomic mass is 16.4. The van der Waals surface area contributed by atoms with Gasteiger partial charge in [-0.1, -0.05) is 89.7 Å². The zero-order valence-electron chi connectivity index (χ0n) is 15.5. The lowest BCUT2D eigenvalue weighted by molar-refractivity contribution is -0.139. The highest BCUT2D eigenvalue weighted by Crippen LogP contribution is 2.13. The molecule has 4 heteroatoms. The van der Waals surface area contributed by atoms with Crippen molar-refractivity contribution in [2.24, 2.45) is 11.7 Å². The molecule has 0 aliphatic carbocycles. The molecule has 0 fully saturated rings. The van der Waals surface area contributed by atoms with Crippen LogP contribution in [0.5, 0.6) is 0 Å². The average molecular weight is 340 g/mol. The second-order valence-electron chi connectivity index (χ2n) is 6.71. The lowest BCUT2D eigenvalue weighted by Crippen LogP contribution is -2.23. The Balaban J connectivity index is 3.42. The second kappa shape index (κ2) is 16.5. The molecule has 0 aromatic carbocycles. The highest BCUT2D eigenvalue weighted by Gasteiger charge is 2.15. The number of amides is 1. The number of carbonyl (C=O) groups is 2. The van der Waals surface area contributed by atoms with Gasteiger partial charge >= 0.3 is 5.97 Å². The van der Waals surface area contributed by atoms with Crippen molar-refractivity contribution < 1.29 is 14.7 Å². The van der Waals surface area contributed by atoms with Crippen molar-refractivity contribution in [2.75, 3.05) is 0 Å². The number of primary amides is 1. The lowest BCUT2D eigenvalue weighted by Gasteiger charge is -2.04. The lowest BCUT2D eigenvalue weighted by atomic mass is 10.0. The fraction of sp³-hybridized carbons (Fsp3) is 0.800. The third-order valence-corrected chi connectivity index (χ3v) is 4.35. The van der Waals surface area contributed by atoms with E-state index in [9.17, 15) is 9.59 Å². The molecule has 1 unspecified atom stereocenters. The van der Waals surface area contributed by atoms with Crippen LogP contribution in [0.15, 0.2) is 12.2 Å². The summed E-state index contributed by atoms with van der Waals surface area (Å²) >= 11 is 0. The zero-order chi connectivity index (χ0) is 18.0. The first-order valence-electron chi connectivity index (χ1n) is 9.75. The van der Waals surface area contributed by atoms with E-state index in [2.05, 4.69) is 6.92 Å². The average Bonchev–Trinajstić information content (AvgIpc) is 2.53. The smallest absolute Gasteiger partial charge is 0.304 e. The van der Waals surface area contributed by atoms with Crippen LogP contribution in [0, 0.1) is 5.92 Å². The van der Waals surface area contributed by atoms with Crippen molar-refractivity contribution in [3.05, 3.63) is 12.2 Å². The number of nitrogens with two attached hydrogens (primary N) is 1. The van der Waals surface area contributed by atoms with E-state index in [1.54, 1.807) is 6.08 Å². The molecular formula is C20H37NO3. The summed E-state index contributed by atoms with van der Waals surface area (Å²) in [5, 5.41) is 8.71. The number of carboxylic acid groups (broad SMARTS) is 1. The molecule has 0 bridgehead atoms. The van der Waals surface area contributed by atoms with Crippen molar-refractivity contribution in [1.82, 2.24) is 0 Å². The molecule has 0 radical (unpaired) electrons. The summed E-state index contributed by atoms with van der Waals surface area (Å²) in [6.07, 6.45) is 20.0. The molecule has 0 aliphatic rings. The summed E-state index contributed by atoms with van der Waals surface area (Å²) in [7, 11) is 0. The van der Waals surface area contributed by atoms with E-state index in [-0.39, 0.29) is 6.42 Å². The number of unbranched alkanes of at least 4 members (excludes halogenated alkanes) is 12. The van der Waals surface area contributed by atoms with Crippen molar-refractivity contribution in [2.45, 2.75) is 96.8 Å². The second-order valence-corrected chi connectivity index (χ2v) is 6.71. The number of carboxylic acids is 1. The Bertz CT molecular complexity index is 353. The number of allylic oxidation sites excluding steroid dienone is 1. The van der Waals surface area contributed by atoms with Gasteiger partial charge in [0.15, 0.2) is 0 Å². The predicted octanol–water partition coefficient (Wildman–Crippen LogP) is 5.21. The Labute approximate surface area is 147 Å². The van der Waals surface area contributed by atoms with Crippen LogP contribution in [0.25, 0.3) is 0 Å². The van der Waals surface area contributed by atoms with Gasteiger partial charge in [-0.3, -0.25) is 9.59 Å². The molecule has 0 rings (SSSR count). The number of hydrogen-bond acceptors (Lipinski definition) is 2. The molecule has 0 aromatic rings. The normalized spacial score (nSPS) is 12.5. The van der Waals surface area contributed by atoms with E-state index in [1.165, 1.54) is 70.6 Å². The molecular weight excluding hydrogens is 302 g/mol. The topological polar surface area (TPSA) is 80.4 Å². The number of carbonyl (C=O) groups excluding carboxylic acids is 1. The molecule has 0 saturated heterocycles. The maximum absolute atomic E-state index is 11.1. The van der Waals surface area contributed by atoms with Crippen LogP contribution in [0.3, 0.4) is 0 Å². The Kier molecular flexibility index (Phi) is 15.6. The van der Waals surface area contributed by atoms with Crippen LogP contribution in [0.2, 0.25) is 0 Å². The van der Waals surface area contributed by atoms with Crippen molar-refractivity contribution >= 4 is 11.9 Å². The largest absolute Gasteiger partial charge is 0.481 e. The molecule has 1 amide bonds. The van der Waals surface area contributed by atoms with Crippen molar-refractivity contribution in [1.29, 1.82) is 0 Å². The summed E-state index contributed by atoms with van der Waals surface area (Å²) in [6.45, 7) is 2.25. The first-order chi connectivity index (χ1) is 11.6. The zero-order valence-corrected chi connectivity index (χ0v) is 15.5. The first kappa shape index (κ1) is 22.7. The number of hydrogen-bond donors (Lipinski definition) is 2. The standard InChI is InChI=1S/C20H37NO3/c1-2-3-4-5-6-7-8-9-10-11-12-13-14-15-16-18(20(21)24)17-19(22)23/h15-16,18H,2-14,17H2,1H3,(H2,21,24)(H,22,23). The molecule has 140 valence electrons. The summed E-state index contributed by atoms with van der Waals surface area (Å²) in [4.78, 5) is 21.7. The fourth-order valence-corrected chi connectivity index (χ4v) is 2.82. The minimum absolute atomic E-state index is 0.218. The SMILES string of the molecule is CCCCCCCCCCCCCCC=CC(CC(=O)O)C(N)=O. The highest BCUT2D eigenvalue weighted by molar-refractivity contribution is 5.83. The van der Waals surface area contributed by atoms with E-state index in [4.69, 9.17) is 10.8 Å². The van der Waals surface area contributed by atoms with Crippen molar-refractivity contribution in [3.63, 3.8) is 0 Å². The van der Waals surface area contributed by atoms with E-state index in [0.29, 0.717) is 0 Å². The van der Waals surface area contributed by atoms with Gasteiger partial charge < -0.3 is 10.8 Å². The van der Waals surface area contributed by atoms with Gasteiger partial charge in [-0.2, -0.15) is 0 Å². The monoisotopic (exact) mass is 339 g/mol. The van der Waals surface area contributed by atoms with Crippen LogP contribution < -0.4 is 5.73 Å². The van der Waals surface area contributed by atoms with Crippen LogP contribution >= 0.6 is 0 Å². The summed E-state index contributed by atoms with van der Waals surface area (Å²) < 4.78 is 0. The van der Waals surface area contributed by atoms with Gasteiger partial charge in [0.05, 0.1) is 12.3 Å². The molecule has 24 heavy (non-hydrogen) atoms. The third kappa shape index (κ3) is 15.6. The van der Waals surface area contributed by atoms with Gasteiger partial charge in [0.2, 0.25) is 5.91 Å². The summed E-state index contributed by atoms with van der Waals surface area (Å²) in [5.74, 6) is -2.24. The van der Waals surface area contributed by atoms with Gasteiger partial charge in [-0.15, -0.1) is 0 Å². The molecule has 0 aromatic heterocycles. The third-order valence-electron chi connectivity index (χ3n) is 4.35. The Morgan fingerprint density at radius 1 is 0.875 bits per heavy atom. The van der Waals surface area contributed by atoms with Crippen LogP contribution in [0.4, 0.5) is 0 Å². The van der Waals surface area contributed by atoms with Crippen LogP contribution in [0.1, 0.15) is 96.8 Å². The maximum atomic E-state index is 11.1. The predicted molar refractivity (Wildman–Crippen MR) is 99.8 cm³/mol. The molecule has 1 atom stereocenters. The van der Waals surface area contributed by atoms with Crippen molar-refractivity contribution in [3.8, 4) is 0 Å². The van der Waals surface area contributed by atoms with Gasteiger partial charge in [-0.25, -0.2) is 0 Å². The Morgan fingerprint density at radius 3 is 1.75 bits per heavy atom. The summed E-state index contributed by atoms with van der Waals surface area (Å²) in [6, 6.07) is 0. The van der Waals surface area contributed by atoms with Crippen LogP contribution in [-0.2, 0) is 9.59 Å². The molecule has 0 aliphatic heterocycles. The maximum Gasteiger partial charge on any atom is 0.304 e. The molecule has 4 nitrogen and oxygen atoms in total. The molecule has 3 N–H and O–H groups in total. The number of rotatable bonds is 17. The molecule has 0 saturated carbocycles. The Hall–Kier alpha value is -1.32. The fourth-order valence-electron chi connectivity index (χ4n) is 2.82. The van der Waals surface area contributed by atoms with Gasteiger partial charge in [0.25, 0.3) is 0 Å². The quantitative estimate of drug-likeness (QED) is 0.282. The van der Waals surface area contributed by atoms with E-state index in [0.717, 1.165) is 12.8 Å². The van der Waals surface area contributed by atoms with E-state index >= 15 is 0 Å². The molecule has 0 spiro atoms. The Morgan fingerprint density at radius 2 is 1.33 bits per heavy atom. The van der Waals surface area contributed by atoms with E-state index in [1.807, 2.05) is 6.08 Å². The number of aliphatic carboxylic acids is 1. The van der Waals surface area contributed by atoms with E-state index < -0.39 is 17.8 Å².